The van der Waals surface area contributed by atoms with Crippen LogP contribution in [0.2, 0.25) is 0 Å². The minimum absolute atomic E-state index is 0.0382. The van der Waals surface area contributed by atoms with E-state index >= 15 is 0 Å². The summed E-state index contributed by atoms with van der Waals surface area (Å²) >= 11 is 0. The van der Waals surface area contributed by atoms with Gasteiger partial charge in [-0.15, -0.1) is 0 Å². The number of nitrogens with zero attached hydrogens (tertiary/aromatic N) is 1. The number of carbonyl (C=O) groups is 1. The van der Waals surface area contributed by atoms with Gasteiger partial charge in [0.25, 0.3) is 0 Å². The highest BCUT2D eigenvalue weighted by atomic mass is 16.2. The van der Waals surface area contributed by atoms with E-state index in [0.717, 1.165) is 32.4 Å². The molecule has 0 aromatic carbocycles. The maximum Gasteiger partial charge on any atom is 0.229 e. The smallest absolute Gasteiger partial charge is 0.229 e. The van der Waals surface area contributed by atoms with Crippen LogP contribution in [-0.4, -0.2) is 29.9 Å². The predicted molar refractivity (Wildman–Crippen MR) is 64.8 cm³/mol. The lowest BCUT2D eigenvalue weighted by Gasteiger charge is -2.37. The van der Waals surface area contributed by atoms with Gasteiger partial charge >= 0.3 is 0 Å². The van der Waals surface area contributed by atoms with Crippen molar-refractivity contribution < 1.29 is 4.79 Å². The van der Waals surface area contributed by atoms with Gasteiger partial charge in [0.05, 0.1) is 5.92 Å². The summed E-state index contributed by atoms with van der Waals surface area (Å²) < 4.78 is 0. The van der Waals surface area contributed by atoms with Gasteiger partial charge in [0, 0.05) is 19.1 Å². The Bertz CT molecular complexity index is 299. The van der Waals surface area contributed by atoms with Gasteiger partial charge in [-0.25, -0.2) is 0 Å². The summed E-state index contributed by atoms with van der Waals surface area (Å²) in [7, 11) is 0. The summed E-state index contributed by atoms with van der Waals surface area (Å²) in [5, 5.41) is 0. The Labute approximate surface area is 97.7 Å². The predicted octanol–water partition coefficient (Wildman–Crippen LogP) is 1.54. The molecule has 2 aliphatic rings. The Balaban J connectivity index is 1.90. The molecule has 2 rings (SSSR count). The third-order valence-electron chi connectivity index (χ3n) is 3.86. The van der Waals surface area contributed by atoms with Crippen molar-refractivity contribution in [3.8, 4) is 0 Å². The van der Waals surface area contributed by atoms with Crippen LogP contribution in [0.5, 0.6) is 0 Å². The first kappa shape index (κ1) is 11.6. The van der Waals surface area contributed by atoms with E-state index in [4.69, 9.17) is 5.73 Å². The van der Waals surface area contributed by atoms with Crippen LogP contribution in [0.3, 0.4) is 0 Å². The maximum atomic E-state index is 12.2. The Morgan fingerprint density at radius 1 is 1.31 bits per heavy atom. The van der Waals surface area contributed by atoms with Crippen molar-refractivity contribution in [2.24, 2.45) is 17.1 Å². The fourth-order valence-electron chi connectivity index (χ4n) is 2.48. The Hall–Kier alpha value is -0.830. The van der Waals surface area contributed by atoms with Crippen LogP contribution in [0.15, 0.2) is 12.2 Å². The van der Waals surface area contributed by atoms with Crippen molar-refractivity contribution in [1.82, 2.24) is 4.90 Å². The fourth-order valence-corrected chi connectivity index (χ4v) is 2.48. The average Bonchev–Trinajstić information content (AvgIpc) is 2.64. The number of carbonyl (C=O) groups excluding carboxylic acids is 1. The lowest BCUT2D eigenvalue weighted by atomic mass is 9.82. The third-order valence-corrected chi connectivity index (χ3v) is 3.86. The molecule has 1 fully saturated rings. The zero-order valence-corrected chi connectivity index (χ0v) is 10.3. The normalized spacial score (nSPS) is 33.1. The van der Waals surface area contributed by atoms with E-state index in [9.17, 15) is 4.79 Å². The van der Waals surface area contributed by atoms with E-state index in [0.29, 0.717) is 5.41 Å². The second-order valence-corrected chi connectivity index (χ2v) is 5.88. The molecule has 0 aromatic rings. The molecular weight excluding hydrogens is 200 g/mol. The lowest BCUT2D eigenvalue weighted by molar-refractivity contribution is -0.136. The number of piperidine rings is 1. The third kappa shape index (κ3) is 2.46. The highest BCUT2D eigenvalue weighted by Crippen LogP contribution is 2.31. The minimum atomic E-state index is 0.0382. The number of hydrogen-bond acceptors (Lipinski definition) is 2. The molecule has 16 heavy (non-hydrogen) atoms. The second-order valence-electron chi connectivity index (χ2n) is 5.88. The van der Waals surface area contributed by atoms with E-state index in [1.165, 1.54) is 0 Å². The molecule has 0 radical (unpaired) electrons. The lowest BCUT2D eigenvalue weighted by Crippen LogP contribution is -2.43. The summed E-state index contributed by atoms with van der Waals surface area (Å²) in [4.78, 5) is 14.2. The Morgan fingerprint density at radius 3 is 2.44 bits per heavy atom. The Kier molecular flexibility index (Phi) is 3.06. The van der Waals surface area contributed by atoms with Crippen molar-refractivity contribution in [2.75, 3.05) is 13.1 Å². The molecule has 90 valence electrons. The van der Waals surface area contributed by atoms with E-state index in [1.807, 2.05) is 17.1 Å². The van der Waals surface area contributed by atoms with Gasteiger partial charge < -0.3 is 10.6 Å². The first-order chi connectivity index (χ1) is 7.48. The van der Waals surface area contributed by atoms with Crippen LogP contribution >= 0.6 is 0 Å². The van der Waals surface area contributed by atoms with Gasteiger partial charge in [0.2, 0.25) is 5.91 Å². The number of hydrogen-bond donors (Lipinski definition) is 1. The van der Waals surface area contributed by atoms with Gasteiger partial charge in [0.15, 0.2) is 0 Å². The van der Waals surface area contributed by atoms with Crippen LogP contribution in [-0.2, 0) is 4.79 Å². The number of amides is 1. The molecule has 3 nitrogen and oxygen atoms in total. The van der Waals surface area contributed by atoms with Crippen LogP contribution in [0.1, 0.15) is 33.1 Å². The van der Waals surface area contributed by atoms with Gasteiger partial charge in [-0.3, -0.25) is 4.79 Å². The number of likely N-dealkylation sites (tertiary alicyclic amines) is 1. The highest BCUT2D eigenvalue weighted by molar-refractivity contribution is 5.81. The van der Waals surface area contributed by atoms with Crippen molar-refractivity contribution in [3.05, 3.63) is 12.2 Å². The second kappa shape index (κ2) is 4.21. The van der Waals surface area contributed by atoms with Crippen molar-refractivity contribution in [2.45, 2.75) is 39.2 Å². The molecule has 3 heteroatoms. The van der Waals surface area contributed by atoms with E-state index in [2.05, 4.69) is 13.8 Å². The van der Waals surface area contributed by atoms with E-state index in [-0.39, 0.29) is 17.9 Å². The largest absolute Gasteiger partial charge is 0.342 e. The molecule has 2 atom stereocenters. The van der Waals surface area contributed by atoms with Crippen LogP contribution in [0, 0.1) is 11.3 Å². The zero-order chi connectivity index (χ0) is 11.8. The quantitative estimate of drug-likeness (QED) is 0.684. The summed E-state index contributed by atoms with van der Waals surface area (Å²) in [6, 6.07) is 0.0789. The molecule has 1 amide bonds. The first-order valence-electron chi connectivity index (χ1n) is 6.21. The molecule has 0 aromatic heterocycles. The van der Waals surface area contributed by atoms with Gasteiger partial charge in [-0.2, -0.15) is 0 Å². The van der Waals surface area contributed by atoms with Crippen LogP contribution < -0.4 is 5.73 Å². The molecule has 1 heterocycles. The SMILES string of the molecule is CC1(C)CCN(C(=O)C2C=CC(N)C2)CC1. The van der Waals surface area contributed by atoms with Crippen LogP contribution in [0.25, 0.3) is 0 Å². The topological polar surface area (TPSA) is 46.3 Å². The molecule has 1 aliphatic carbocycles. The molecule has 2 unspecified atom stereocenters. The fraction of sp³-hybridized carbons (Fsp3) is 0.769. The molecular formula is C13H22N2O. The van der Waals surface area contributed by atoms with Gasteiger partial charge in [-0.05, 0) is 24.7 Å². The van der Waals surface area contributed by atoms with Crippen molar-refractivity contribution in [3.63, 3.8) is 0 Å². The average molecular weight is 222 g/mol. The summed E-state index contributed by atoms with van der Waals surface area (Å²) in [5.41, 5.74) is 6.18. The summed E-state index contributed by atoms with van der Waals surface area (Å²) in [6.45, 7) is 6.37. The van der Waals surface area contributed by atoms with Crippen molar-refractivity contribution in [1.29, 1.82) is 0 Å². The molecule has 1 saturated heterocycles. The van der Waals surface area contributed by atoms with E-state index < -0.39 is 0 Å². The molecule has 1 aliphatic heterocycles. The highest BCUT2D eigenvalue weighted by Gasteiger charge is 2.32. The van der Waals surface area contributed by atoms with Crippen molar-refractivity contribution >= 4 is 5.91 Å². The van der Waals surface area contributed by atoms with Crippen LogP contribution in [0.4, 0.5) is 0 Å². The maximum absolute atomic E-state index is 12.2. The standard InChI is InChI=1S/C13H22N2O/c1-13(2)5-7-15(8-6-13)12(16)10-3-4-11(14)9-10/h3-4,10-11H,5-9,14H2,1-2H3. The monoisotopic (exact) mass is 222 g/mol. The van der Waals surface area contributed by atoms with Gasteiger partial charge in [-0.1, -0.05) is 26.0 Å². The number of nitrogens with two attached hydrogens (primary N) is 1. The number of rotatable bonds is 1. The molecule has 0 saturated carbocycles. The van der Waals surface area contributed by atoms with E-state index in [1.54, 1.807) is 0 Å². The minimum Gasteiger partial charge on any atom is -0.342 e. The molecule has 0 bridgehead atoms. The Morgan fingerprint density at radius 2 is 1.94 bits per heavy atom. The zero-order valence-electron chi connectivity index (χ0n) is 10.3. The van der Waals surface area contributed by atoms with Gasteiger partial charge in [0.1, 0.15) is 0 Å². The summed E-state index contributed by atoms with van der Waals surface area (Å²) in [5.74, 6) is 0.316. The molecule has 2 N–H and O–H groups in total. The first-order valence-corrected chi connectivity index (χ1v) is 6.21. The summed E-state index contributed by atoms with van der Waals surface area (Å²) in [6.07, 6.45) is 6.95. The molecule has 0 spiro atoms.